The highest BCUT2D eigenvalue weighted by atomic mass is 79.9. The van der Waals surface area contributed by atoms with Crippen molar-refractivity contribution in [3.05, 3.63) is 0 Å². The summed E-state index contributed by atoms with van der Waals surface area (Å²) in [5, 5.41) is 0. The Hall–Kier alpha value is -0.580. The molecule has 0 aromatic heterocycles. The summed E-state index contributed by atoms with van der Waals surface area (Å²) in [6.45, 7) is 6.39. The van der Waals surface area contributed by atoms with Gasteiger partial charge in [-0.25, -0.2) is 0 Å². The quantitative estimate of drug-likeness (QED) is 0.548. The van der Waals surface area contributed by atoms with Crippen LogP contribution in [-0.2, 0) is 14.3 Å². The molecule has 0 fully saturated rings. The minimum absolute atomic E-state index is 0.0330. The maximum absolute atomic E-state index is 11.7. The van der Waals surface area contributed by atoms with Crippen molar-refractivity contribution in [3.63, 3.8) is 0 Å². The number of ether oxygens (including phenoxy) is 1. The monoisotopic (exact) mass is 279 g/mol. The van der Waals surface area contributed by atoms with E-state index in [1.165, 1.54) is 4.90 Å². The lowest BCUT2D eigenvalue weighted by atomic mass is 10.3. The predicted octanol–water partition coefficient (Wildman–Crippen LogP) is 1.57. The fourth-order valence-electron chi connectivity index (χ4n) is 1.08. The number of hydrogen-bond donors (Lipinski definition) is 0. The molecule has 4 nitrogen and oxygen atoms in total. The van der Waals surface area contributed by atoms with Gasteiger partial charge in [-0.3, -0.25) is 9.59 Å². The minimum atomic E-state index is -0.358. The average Bonchev–Trinajstić information content (AvgIpc) is 2.24. The summed E-state index contributed by atoms with van der Waals surface area (Å²) < 4.78 is 4.79. The summed E-state index contributed by atoms with van der Waals surface area (Å²) in [6, 6.07) is 0. The van der Waals surface area contributed by atoms with Gasteiger partial charge in [-0.2, -0.15) is 0 Å². The molecule has 0 aliphatic rings. The number of carbonyl (C=O) groups is 2. The Morgan fingerprint density at radius 2 is 1.93 bits per heavy atom. The van der Waals surface area contributed by atoms with Crippen molar-refractivity contribution in [2.75, 3.05) is 19.7 Å². The van der Waals surface area contributed by atoms with Crippen LogP contribution in [0.3, 0.4) is 0 Å². The van der Waals surface area contributed by atoms with Crippen LogP contribution in [0, 0.1) is 0 Å². The number of amides is 1. The highest BCUT2D eigenvalue weighted by Gasteiger charge is 2.21. The van der Waals surface area contributed by atoms with E-state index in [1.54, 1.807) is 6.92 Å². The summed E-state index contributed by atoms with van der Waals surface area (Å²) in [6.07, 6.45) is 0.707. The van der Waals surface area contributed by atoms with Gasteiger partial charge >= 0.3 is 5.97 Å². The van der Waals surface area contributed by atoms with Crippen LogP contribution in [0.1, 0.15) is 27.2 Å². The number of esters is 1. The van der Waals surface area contributed by atoms with Crippen molar-refractivity contribution in [1.82, 2.24) is 4.90 Å². The molecule has 0 saturated carbocycles. The molecule has 15 heavy (non-hydrogen) atoms. The fraction of sp³-hybridized carbons (Fsp3) is 0.800. The maximum atomic E-state index is 11.7. The molecule has 1 amide bonds. The molecule has 1 unspecified atom stereocenters. The Morgan fingerprint density at radius 3 is 2.33 bits per heavy atom. The second-order valence-electron chi connectivity index (χ2n) is 3.03. The Morgan fingerprint density at radius 1 is 1.33 bits per heavy atom. The Bertz CT molecular complexity index is 221. The standard InChI is InChI=1S/C10H18BrNO3/c1-4-8(11)10(14)12(5-2)7-9(13)15-6-3/h8H,4-7H2,1-3H3. The van der Waals surface area contributed by atoms with E-state index in [0.29, 0.717) is 19.6 Å². The van der Waals surface area contributed by atoms with Crippen LogP contribution in [0.25, 0.3) is 0 Å². The molecule has 0 aliphatic heterocycles. The lowest BCUT2D eigenvalue weighted by Gasteiger charge is -2.21. The third-order valence-corrected chi connectivity index (χ3v) is 2.98. The average molecular weight is 280 g/mol. The van der Waals surface area contributed by atoms with Crippen LogP contribution in [-0.4, -0.2) is 41.3 Å². The first kappa shape index (κ1) is 14.4. The van der Waals surface area contributed by atoms with Gasteiger partial charge in [0.25, 0.3) is 0 Å². The lowest BCUT2D eigenvalue weighted by molar-refractivity contribution is -0.148. The summed E-state index contributed by atoms with van der Waals surface area (Å²) in [7, 11) is 0. The van der Waals surface area contributed by atoms with E-state index >= 15 is 0 Å². The van der Waals surface area contributed by atoms with Gasteiger partial charge in [0.05, 0.1) is 11.4 Å². The SMILES string of the molecule is CCOC(=O)CN(CC)C(=O)C(Br)CC. The predicted molar refractivity (Wildman–Crippen MR) is 61.9 cm³/mol. The van der Waals surface area contributed by atoms with Crippen LogP contribution in [0.2, 0.25) is 0 Å². The van der Waals surface area contributed by atoms with Crippen molar-refractivity contribution >= 4 is 27.8 Å². The summed E-state index contributed by atoms with van der Waals surface area (Å²) >= 11 is 3.27. The topological polar surface area (TPSA) is 46.6 Å². The van der Waals surface area contributed by atoms with Gasteiger partial charge < -0.3 is 9.64 Å². The van der Waals surface area contributed by atoms with E-state index in [4.69, 9.17) is 4.74 Å². The van der Waals surface area contributed by atoms with Crippen molar-refractivity contribution in [3.8, 4) is 0 Å². The molecule has 0 radical (unpaired) electrons. The third-order valence-electron chi connectivity index (χ3n) is 1.95. The Labute approximate surface area is 99.1 Å². The second-order valence-corrected chi connectivity index (χ2v) is 4.14. The van der Waals surface area contributed by atoms with E-state index in [-0.39, 0.29) is 23.2 Å². The molecule has 0 N–H and O–H groups in total. The zero-order chi connectivity index (χ0) is 11.8. The third kappa shape index (κ3) is 5.16. The fourth-order valence-corrected chi connectivity index (χ4v) is 1.37. The molecule has 0 aromatic rings. The van der Waals surface area contributed by atoms with Gasteiger partial charge in [0.2, 0.25) is 5.91 Å². The van der Waals surface area contributed by atoms with Crippen LogP contribution in [0.15, 0.2) is 0 Å². The number of alkyl halides is 1. The van der Waals surface area contributed by atoms with Gasteiger partial charge in [-0.15, -0.1) is 0 Å². The number of nitrogens with zero attached hydrogens (tertiary/aromatic N) is 1. The molecular weight excluding hydrogens is 262 g/mol. The molecule has 0 aliphatic carbocycles. The zero-order valence-electron chi connectivity index (χ0n) is 9.46. The van der Waals surface area contributed by atoms with Crippen LogP contribution < -0.4 is 0 Å². The molecule has 0 bridgehead atoms. The first-order chi connectivity index (χ1) is 7.06. The minimum Gasteiger partial charge on any atom is -0.465 e. The number of rotatable bonds is 6. The second kappa shape index (κ2) is 7.68. The number of carbonyl (C=O) groups excluding carboxylic acids is 2. The van der Waals surface area contributed by atoms with Gasteiger partial charge in [0.15, 0.2) is 0 Å². The van der Waals surface area contributed by atoms with E-state index in [0.717, 1.165) is 0 Å². The number of likely N-dealkylation sites (N-methyl/N-ethyl adjacent to an activating group) is 1. The molecule has 5 heteroatoms. The number of hydrogen-bond acceptors (Lipinski definition) is 3. The van der Waals surface area contributed by atoms with Crippen molar-refractivity contribution < 1.29 is 14.3 Å². The van der Waals surface area contributed by atoms with Crippen LogP contribution >= 0.6 is 15.9 Å². The van der Waals surface area contributed by atoms with E-state index in [2.05, 4.69) is 15.9 Å². The van der Waals surface area contributed by atoms with E-state index < -0.39 is 0 Å². The van der Waals surface area contributed by atoms with Crippen molar-refractivity contribution in [1.29, 1.82) is 0 Å². The van der Waals surface area contributed by atoms with Gasteiger partial charge in [-0.05, 0) is 20.3 Å². The lowest BCUT2D eigenvalue weighted by Crippen LogP contribution is -2.40. The normalized spacial score (nSPS) is 12.0. The largest absolute Gasteiger partial charge is 0.465 e. The number of halogens is 1. The zero-order valence-corrected chi connectivity index (χ0v) is 11.0. The van der Waals surface area contributed by atoms with E-state index in [1.807, 2.05) is 13.8 Å². The summed E-state index contributed by atoms with van der Waals surface area (Å²) in [5.74, 6) is -0.420. The molecule has 1 atom stereocenters. The van der Waals surface area contributed by atoms with Crippen molar-refractivity contribution in [2.45, 2.75) is 32.0 Å². The maximum Gasteiger partial charge on any atom is 0.325 e. The van der Waals surface area contributed by atoms with Crippen LogP contribution in [0.4, 0.5) is 0 Å². The molecule has 0 aromatic carbocycles. The first-order valence-corrected chi connectivity index (χ1v) is 6.06. The first-order valence-electron chi connectivity index (χ1n) is 5.15. The summed E-state index contributed by atoms with van der Waals surface area (Å²) in [4.78, 5) is 24.2. The van der Waals surface area contributed by atoms with Gasteiger partial charge in [-0.1, -0.05) is 22.9 Å². The molecule has 0 saturated heterocycles. The molecule has 0 spiro atoms. The smallest absolute Gasteiger partial charge is 0.325 e. The summed E-state index contributed by atoms with van der Waals surface area (Å²) in [5.41, 5.74) is 0. The Kier molecular flexibility index (Phi) is 7.38. The van der Waals surface area contributed by atoms with Gasteiger partial charge in [0, 0.05) is 6.54 Å². The van der Waals surface area contributed by atoms with E-state index in [9.17, 15) is 9.59 Å². The molecule has 0 heterocycles. The highest BCUT2D eigenvalue weighted by molar-refractivity contribution is 9.10. The molecule has 0 rings (SSSR count). The van der Waals surface area contributed by atoms with Gasteiger partial charge in [0.1, 0.15) is 6.54 Å². The molecular formula is C10H18BrNO3. The highest BCUT2D eigenvalue weighted by Crippen LogP contribution is 2.08. The molecule has 88 valence electrons. The van der Waals surface area contributed by atoms with Crippen LogP contribution in [0.5, 0.6) is 0 Å². The van der Waals surface area contributed by atoms with Crippen molar-refractivity contribution in [2.24, 2.45) is 0 Å². The Balaban J connectivity index is 4.24.